The van der Waals surface area contributed by atoms with Gasteiger partial charge in [-0.05, 0) is 43.9 Å². The van der Waals surface area contributed by atoms with E-state index >= 15 is 0 Å². The van der Waals surface area contributed by atoms with Gasteiger partial charge in [0.2, 0.25) is 5.91 Å². The lowest BCUT2D eigenvalue weighted by atomic mass is 9.95. The van der Waals surface area contributed by atoms with Crippen molar-refractivity contribution < 1.29 is 18.0 Å². The maximum atomic E-state index is 13.4. The van der Waals surface area contributed by atoms with Crippen LogP contribution >= 0.6 is 11.6 Å². The molecule has 4 heterocycles. The summed E-state index contributed by atoms with van der Waals surface area (Å²) in [5.41, 5.74) is 0.981. The minimum Gasteiger partial charge on any atom is -0.355 e. The molecule has 2 fully saturated rings. The highest BCUT2D eigenvalue weighted by Gasteiger charge is 2.37. The Hall–Kier alpha value is -2.81. The third kappa shape index (κ3) is 4.26. The number of fused-ring (bicyclic) bond motifs is 1. The summed E-state index contributed by atoms with van der Waals surface area (Å²) in [6.07, 6.45) is -0.684. The number of para-hydroxylation sites is 2. The fourth-order valence-corrected chi connectivity index (χ4v) is 5.12. The van der Waals surface area contributed by atoms with Crippen LogP contribution in [0.15, 0.2) is 36.5 Å². The fraction of sp³-hybridized carbons (Fsp3) is 0.435. The first-order valence-corrected chi connectivity index (χ1v) is 11.4. The summed E-state index contributed by atoms with van der Waals surface area (Å²) in [6.45, 7) is 1.72. The predicted molar refractivity (Wildman–Crippen MR) is 119 cm³/mol. The first-order chi connectivity index (χ1) is 15.8. The number of amides is 1. The number of alkyl halides is 3. The number of aromatic nitrogens is 3. The average Bonchev–Trinajstić information content (AvgIpc) is 3.45. The lowest BCUT2D eigenvalue weighted by molar-refractivity contribution is -0.138. The molecular weight excluding hydrogens is 455 g/mol. The summed E-state index contributed by atoms with van der Waals surface area (Å²) < 4.78 is 38.7. The minimum atomic E-state index is -4.49. The SMILES string of the molecule is O=C(C1CCN(c2ncc(C(F)(F)F)cc2Cl)CC1)N1CCCC1c1nc2ccccc2[nH]1. The molecule has 3 aromatic rings. The summed E-state index contributed by atoms with van der Waals surface area (Å²) >= 11 is 6.10. The maximum Gasteiger partial charge on any atom is 0.417 e. The largest absolute Gasteiger partial charge is 0.417 e. The van der Waals surface area contributed by atoms with Gasteiger partial charge in [-0.1, -0.05) is 23.7 Å². The zero-order chi connectivity index (χ0) is 23.2. The number of benzene rings is 1. The van der Waals surface area contributed by atoms with E-state index in [2.05, 4.69) is 9.97 Å². The van der Waals surface area contributed by atoms with E-state index in [1.807, 2.05) is 34.1 Å². The highest BCUT2D eigenvalue weighted by molar-refractivity contribution is 6.33. The van der Waals surface area contributed by atoms with E-state index < -0.39 is 11.7 Å². The van der Waals surface area contributed by atoms with Crippen molar-refractivity contribution in [2.45, 2.75) is 37.9 Å². The number of carbonyl (C=O) groups is 1. The van der Waals surface area contributed by atoms with Crippen LogP contribution in [0.4, 0.5) is 19.0 Å². The van der Waals surface area contributed by atoms with Crippen molar-refractivity contribution in [3.05, 3.63) is 52.9 Å². The molecule has 0 radical (unpaired) electrons. The van der Waals surface area contributed by atoms with Crippen LogP contribution in [0.2, 0.25) is 5.02 Å². The lowest BCUT2D eigenvalue weighted by Gasteiger charge is -2.35. The van der Waals surface area contributed by atoms with Crippen molar-refractivity contribution in [2.24, 2.45) is 5.92 Å². The van der Waals surface area contributed by atoms with E-state index in [-0.39, 0.29) is 22.9 Å². The number of H-pyrrole nitrogens is 1. The number of piperidine rings is 1. The molecule has 2 aromatic heterocycles. The molecule has 0 saturated carbocycles. The van der Waals surface area contributed by atoms with Gasteiger partial charge < -0.3 is 14.8 Å². The molecule has 0 spiro atoms. The molecule has 2 saturated heterocycles. The second-order valence-electron chi connectivity index (χ2n) is 8.62. The Labute approximate surface area is 193 Å². The van der Waals surface area contributed by atoms with Crippen molar-refractivity contribution >= 4 is 34.4 Å². The molecule has 1 unspecified atom stereocenters. The zero-order valence-corrected chi connectivity index (χ0v) is 18.5. The molecule has 1 aromatic carbocycles. The molecule has 5 rings (SSSR count). The number of anilines is 1. The Morgan fingerprint density at radius 1 is 1.12 bits per heavy atom. The smallest absolute Gasteiger partial charge is 0.355 e. The number of carbonyl (C=O) groups excluding carboxylic acids is 1. The molecule has 1 atom stereocenters. The van der Waals surface area contributed by atoms with Crippen molar-refractivity contribution in [2.75, 3.05) is 24.5 Å². The van der Waals surface area contributed by atoms with Gasteiger partial charge in [-0.25, -0.2) is 9.97 Å². The molecule has 1 N–H and O–H groups in total. The fourth-order valence-electron chi connectivity index (χ4n) is 4.84. The van der Waals surface area contributed by atoms with Gasteiger partial charge in [-0.3, -0.25) is 4.79 Å². The number of aromatic amines is 1. The third-order valence-electron chi connectivity index (χ3n) is 6.55. The van der Waals surface area contributed by atoms with Crippen molar-refractivity contribution in [1.82, 2.24) is 19.9 Å². The molecule has 2 aliphatic heterocycles. The molecule has 0 aliphatic carbocycles. The molecule has 1 amide bonds. The predicted octanol–water partition coefficient (Wildman–Crippen LogP) is 5.21. The number of hydrogen-bond donors (Lipinski definition) is 1. The number of nitrogens with one attached hydrogen (secondary N) is 1. The molecule has 174 valence electrons. The van der Waals surface area contributed by atoms with Crippen LogP contribution in [0, 0.1) is 5.92 Å². The number of hydrogen-bond acceptors (Lipinski definition) is 4. The van der Waals surface area contributed by atoms with E-state index in [4.69, 9.17) is 16.6 Å². The van der Waals surface area contributed by atoms with Crippen LogP contribution in [0.1, 0.15) is 43.1 Å². The monoisotopic (exact) mass is 477 g/mol. The van der Waals surface area contributed by atoms with Gasteiger partial charge in [-0.2, -0.15) is 13.2 Å². The maximum absolute atomic E-state index is 13.4. The van der Waals surface area contributed by atoms with Gasteiger partial charge in [0.25, 0.3) is 0 Å². The van der Waals surface area contributed by atoms with Gasteiger partial charge in [0, 0.05) is 31.7 Å². The van der Waals surface area contributed by atoms with Gasteiger partial charge in [-0.15, -0.1) is 0 Å². The summed E-state index contributed by atoms with van der Waals surface area (Å²) in [5.74, 6) is 1.13. The standard InChI is InChI=1S/C23H23ClF3N5O/c24-16-12-15(23(25,26)27)13-28-21(16)31-10-7-14(8-11-31)22(33)32-9-3-6-19(32)20-29-17-4-1-2-5-18(17)30-20/h1-2,4-5,12-14,19H,3,6-11H2,(H,29,30). The van der Waals surface area contributed by atoms with Crippen LogP contribution in [-0.2, 0) is 11.0 Å². The van der Waals surface area contributed by atoms with E-state index in [1.165, 1.54) is 0 Å². The number of likely N-dealkylation sites (tertiary alicyclic amines) is 1. The zero-order valence-electron chi connectivity index (χ0n) is 17.8. The lowest BCUT2D eigenvalue weighted by Crippen LogP contribution is -2.42. The van der Waals surface area contributed by atoms with Crippen molar-refractivity contribution in [1.29, 1.82) is 0 Å². The quantitative estimate of drug-likeness (QED) is 0.562. The van der Waals surface area contributed by atoms with E-state index in [0.717, 1.165) is 42.0 Å². The minimum absolute atomic E-state index is 0.0286. The summed E-state index contributed by atoms with van der Waals surface area (Å²) in [7, 11) is 0. The molecule has 2 aliphatic rings. The summed E-state index contributed by atoms with van der Waals surface area (Å²) in [5, 5.41) is -0.0286. The van der Waals surface area contributed by atoms with E-state index in [0.29, 0.717) is 38.3 Å². The summed E-state index contributed by atoms with van der Waals surface area (Å²) in [4.78, 5) is 29.2. The van der Waals surface area contributed by atoms with Crippen LogP contribution in [-0.4, -0.2) is 45.4 Å². The van der Waals surface area contributed by atoms with Gasteiger partial charge in [0.1, 0.15) is 11.6 Å². The molecule has 0 bridgehead atoms. The van der Waals surface area contributed by atoms with Crippen LogP contribution < -0.4 is 4.90 Å². The molecule has 10 heteroatoms. The number of halogens is 4. The first kappa shape index (κ1) is 22.0. The molecular formula is C23H23ClF3N5O. The second kappa shape index (κ2) is 8.52. The van der Waals surface area contributed by atoms with Crippen molar-refractivity contribution in [3.8, 4) is 0 Å². The van der Waals surface area contributed by atoms with E-state index in [1.54, 1.807) is 0 Å². The normalized spacial score (nSPS) is 20.1. The van der Waals surface area contributed by atoms with Crippen LogP contribution in [0.25, 0.3) is 11.0 Å². The van der Waals surface area contributed by atoms with Gasteiger partial charge >= 0.3 is 6.18 Å². The Balaban J connectivity index is 1.26. The number of imidazole rings is 1. The first-order valence-electron chi connectivity index (χ1n) is 11.0. The Kier molecular flexibility index (Phi) is 5.68. The second-order valence-corrected chi connectivity index (χ2v) is 9.02. The highest BCUT2D eigenvalue weighted by atomic mass is 35.5. The number of pyridine rings is 1. The number of rotatable bonds is 3. The third-order valence-corrected chi connectivity index (χ3v) is 6.83. The Morgan fingerprint density at radius 3 is 2.58 bits per heavy atom. The van der Waals surface area contributed by atoms with Crippen molar-refractivity contribution in [3.63, 3.8) is 0 Å². The highest BCUT2D eigenvalue weighted by Crippen LogP contribution is 2.37. The summed E-state index contributed by atoms with van der Waals surface area (Å²) in [6, 6.07) is 8.66. The number of nitrogens with zero attached hydrogens (tertiary/aromatic N) is 4. The van der Waals surface area contributed by atoms with E-state index in [9.17, 15) is 18.0 Å². The molecule has 33 heavy (non-hydrogen) atoms. The van der Waals surface area contributed by atoms with Gasteiger partial charge in [0.05, 0.1) is 27.7 Å². The van der Waals surface area contributed by atoms with Crippen LogP contribution in [0.3, 0.4) is 0 Å². The Morgan fingerprint density at radius 2 is 1.88 bits per heavy atom. The average molecular weight is 478 g/mol. The van der Waals surface area contributed by atoms with Gasteiger partial charge in [0.15, 0.2) is 0 Å². The van der Waals surface area contributed by atoms with Crippen LogP contribution in [0.5, 0.6) is 0 Å². The topological polar surface area (TPSA) is 65.1 Å². The molecule has 6 nitrogen and oxygen atoms in total. The Bertz CT molecular complexity index is 1140.